The van der Waals surface area contributed by atoms with Crippen molar-refractivity contribution in [2.75, 3.05) is 20.3 Å². The molecule has 0 radical (unpaired) electrons. The lowest BCUT2D eigenvalue weighted by molar-refractivity contribution is -0.0529. The minimum atomic E-state index is -1.07. The van der Waals surface area contributed by atoms with Gasteiger partial charge in [-0.25, -0.2) is 0 Å². The van der Waals surface area contributed by atoms with Crippen LogP contribution < -0.4 is 0 Å². The average molecular weight is 120 g/mol. The van der Waals surface area contributed by atoms with Crippen molar-refractivity contribution in [2.45, 2.75) is 12.5 Å². The molecule has 0 spiro atoms. The molecule has 0 heterocycles. The normalized spacial score (nSPS) is 18.0. The number of aliphatic hydroxyl groups excluding tert-OH is 1. The van der Waals surface area contributed by atoms with E-state index in [1.807, 2.05) is 0 Å². The highest BCUT2D eigenvalue weighted by atomic mass is 16.5. The zero-order valence-electron chi connectivity index (χ0n) is 5.22. The first-order valence-electron chi connectivity index (χ1n) is 2.44. The summed E-state index contributed by atoms with van der Waals surface area (Å²) in [6.45, 7) is 1.42. The molecule has 0 aliphatic rings. The van der Waals surface area contributed by atoms with Crippen LogP contribution >= 0.6 is 0 Å². The van der Waals surface area contributed by atoms with Crippen molar-refractivity contribution in [2.24, 2.45) is 0 Å². The van der Waals surface area contributed by atoms with Crippen molar-refractivity contribution < 1.29 is 14.9 Å². The number of ether oxygens (including phenoxy) is 1. The predicted octanol–water partition coefficient (Wildman–Crippen LogP) is -0.624. The van der Waals surface area contributed by atoms with E-state index in [1.165, 1.54) is 14.0 Å². The van der Waals surface area contributed by atoms with Gasteiger partial charge in [-0.3, -0.25) is 0 Å². The van der Waals surface area contributed by atoms with Gasteiger partial charge in [-0.15, -0.1) is 0 Å². The van der Waals surface area contributed by atoms with Crippen LogP contribution in [0.15, 0.2) is 0 Å². The van der Waals surface area contributed by atoms with E-state index < -0.39 is 5.60 Å². The summed E-state index contributed by atoms with van der Waals surface area (Å²) in [5, 5.41) is 17.3. The number of hydrogen-bond donors (Lipinski definition) is 2. The van der Waals surface area contributed by atoms with Crippen molar-refractivity contribution in [1.82, 2.24) is 0 Å². The molecule has 0 saturated carbocycles. The maximum Gasteiger partial charge on any atom is 0.108 e. The predicted molar refractivity (Wildman–Crippen MR) is 29.6 cm³/mol. The fourth-order valence-electron chi connectivity index (χ4n) is 0.357. The minimum Gasteiger partial charge on any atom is -0.393 e. The second-order valence-corrected chi connectivity index (χ2v) is 2.09. The van der Waals surface area contributed by atoms with Gasteiger partial charge in [-0.1, -0.05) is 0 Å². The maximum absolute atomic E-state index is 8.95. The van der Waals surface area contributed by atoms with Gasteiger partial charge in [0, 0.05) is 7.11 Å². The van der Waals surface area contributed by atoms with E-state index in [1.54, 1.807) is 0 Å². The molecule has 50 valence electrons. The molecule has 0 aromatic rings. The van der Waals surface area contributed by atoms with E-state index in [0.29, 0.717) is 0 Å². The topological polar surface area (TPSA) is 49.7 Å². The van der Waals surface area contributed by atoms with E-state index in [2.05, 4.69) is 4.74 Å². The van der Waals surface area contributed by atoms with Gasteiger partial charge in [0.15, 0.2) is 0 Å². The lowest BCUT2D eigenvalue weighted by atomic mass is 10.1. The second-order valence-electron chi connectivity index (χ2n) is 2.09. The summed E-state index contributed by atoms with van der Waals surface area (Å²) in [6.07, 6.45) is 0. The highest BCUT2D eigenvalue weighted by Gasteiger charge is 2.17. The molecule has 0 unspecified atom stereocenters. The summed E-state index contributed by atoms with van der Waals surface area (Å²) in [6, 6.07) is 0. The van der Waals surface area contributed by atoms with Gasteiger partial charge in [0.1, 0.15) is 5.60 Å². The molecule has 0 aliphatic heterocycles. The molecule has 3 nitrogen and oxygen atoms in total. The Morgan fingerprint density at radius 2 is 2.12 bits per heavy atom. The van der Waals surface area contributed by atoms with Crippen LogP contribution in [0.25, 0.3) is 0 Å². The average Bonchev–Trinajstić information content (AvgIpc) is 1.67. The van der Waals surface area contributed by atoms with Gasteiger partial charge in [-0.2, -0.15) is 0 Å². The Labute approximate surface area is 48.9 Å². The molecule has 0 rings (SSSR count). The molecule has 0 aromatic heterocycles. The molecule has 8 heavy (non-hydrogen) atoms. The molecular formula is C5H12O3. The first-order chi connectivity index (χ1) is 3.62. The third-order valence-electron chi connectivity index (χ3n) is 0.796. The Morgan fingerprint density at radius 3 is 2.25 bits per heavy atom. The third kappa shape index (κ3) is 2.96. The molecule has 0 aliphatic carbocycles. The SMILES string of the molecule is COC[C@](C)(O)CO. The minimum absolute atomic E-state index is 0.170. The zero-order chi connectivity index (χ0) is 6.62. The third-order valence-corrected chi connectivity index (χ3v) is 0.796. The van der Waals surface area contributed by atoms with Gasteiger partial charge in [0.25, 0.3) is 0 Å². The van der Waals surface area contributed by atoms with Crippen LogP contribution in [0.5, 0.6) is 0 Å². The summed E-state index contributed by atoms with van der Waals surface area (Å²) < 4.78 is 4.59. The van der Waals surface area contributed by atoms with Gasteiger partial charge in [0.05, 0.1) is 13.2 Å². The number of rotatable bonds is 3. The van der Waals surface area contributed by atoms with Crippen molar-refractivity contribution in [3.8, 4) is 0 Å². The number of hydrogen-bond acceptors (Lipinski definition) is 3. The van der Waals surface area contributed by atoms with E-state index in [-0.39, 0.29) is 13.2 Å². The fourth-order valence-corrected chi connectivity index (χ4v) is 0.357. The van der Waals surface area contributed by atoms with Crippen LogP contribution in [-0.4, -0.2) is 36.1 Å². The van der Waals surface area contributed by atoms with Crippen LogP contribution in [0.3, 0.4) is 0 Å². The summed E-state index contributed by atoms with van der Waals surface area (Å²) in [5.74, 6) is 0. The van der Waals surface area contributed by atoms with Crippen molar-refractivity contribution in [1.29, 1.82) is 0 Å². The largest absolute Gasteiger partial charge is 0.393 e. The van der Waals surface area contributed by atoms with Gasteiger partial charge < -0.3 is 14.9 Å². The van der Waals surface area contributed by atoms with Crippen LogP contribution in [0, 0.1) is 0 Å². The highest BCUT2D eigenvalue weighted by Crippen LogP contribution is 1.99. The van der Waals surface area contributed by atoms with E-state index in [4.69, 9.17) is 10.2 Å². The number of methoxy groups -OCH3 is 1. The van der Waals surface area contributed by atoms with Crippen LogP contribution in [0.4, 0.5) is 0 Å². The summed E-state index contributed by atoms with van der Waals surface area (Å²) in [4.78, 5) is 0. The highest BCUT2D eigenvalue weighted by molar-refractivity contribution is 4.68. The fraction of sp³-hybridized carbons (Fsp3) is 1.00. The zero-order valence-corrected chi connectivity index (χ0v) is 5.22. The maximum atomic E-state index is 8.95. The quantitative estimate of drug-likeness (QED) is 0.521. The molecule has 0 aromatic carbocycles. The molecule has 2 N–H and O–H groups in total. The van der Waals surface area contributed by atoms with E-state index in [9.17, 15) is 0 Å². The molecule has 3 heteroatoms. The monoisotopic (exact) mass is 120 g/mol. The summed E-state index contributed by atoms with van der Waals surface area (Å²) in [7, 11) is 1.48. The molecule has 1 atom stereocenters. The van der Waals surface area contributed by atoms with Crippen molar-refractivity contribution in [3.63, 3.8) is 0 Å². The molecule has 0 bridgehead atoms. The van der Waals surface area contributed by atoms with Crippen molar-refractivity contribution in [3.05, 3.63) is 0 Å². The van der Waals surface area contributed by atoms with Crippen molar-refractivity contribution >= 4 is 0 Å². The second kappa shape index (κ2) is 3.02. The Hall–Kier alpha value is -0.120. The molecule has 0 fully saturated rings. The van der Waals surface area contributed by atoms with Crippen LogP contribution in [-0.2, 0) is 4.74 Å². The van der Waals surface area contributed by atoms with E-state index in [0.717, 1.165) is 0 Å². The van der Waals surface area contributed by atoms with Crippen LogP contribution in [0.2, 0.25) is 0 Å². The van der Waals surface area contributed by atoms with Gasteiger partial charge in [-0.05, 0) is 6.92 Å². The Balaban J connectivity index is 3.37. The molecule has 0 saturated heterocycles. The Morgan fingerprint density at radius 1 is 1.62 bits per heavy atom. The van der Waals surface area contributed by atoms with E-state index >= 15 is 0 Å². The first kappa shape index (κ1) is 7.88. The lowest BCUT2D eigenvalue weighted by Crippen LogP contribution is -2.34. The van der Waals surface area contributed by atoms with Gasteiger partial charge >= 0.3 is 0 Å². The molecule has 0 amide bonds. The lowest BCUT2D eigenvalue weighted by Gasteiger charge is -2.17. The first-order valence-corrected chi connectivity index (χ1v) is 2.44. The summed E-state index contributed by atoms with van der Waals surface area (Å²) in [5.41, 5.74) is -1.07. The molecular weight excluding hydrogens is 108 g/mol. The van der Waals surface area contributed by atoms with Crippen LogP contribution in [0.1, 0.15) is 6.92 Å². The number of aliphatic hydroxyl groups is 2. The smallest absolute Gasteiger partial charge is 0.108 e. The van der Waals surface area contributed by atoms with Gasteiger partial charge in [0.2, 0.25) is 0 Å². The Bertz CT molecular complexity index is 60.7. The summed E-state index contributed by atoms with van der Waals surface area (Å²) >= 11 is 0. The Kier molecular flexibility index (Phi) is 2.97. The standard InChI is InChI=1S/C5H12O3/c1-5(7,3-6)4-8-2/h6-7H,3-4H2,1-2H3/t5-/m1/s1.